The third-order valence-corrected chi connectivity index (χ3v) is 6.31. The summed E-state index contributed by atoms with van der Waals surface area (Å²) in [6, 6.07) is 12.1. The van der Waals surface area contributed by atoms with Crippen LogP contribution in [0.1, 0.15) is 48.3 Å². The molecule has 3 heterocycles. The number of tetrazole rings is 1. The second-order valence-electron chi connectivity index (χ2n) is 9.29. The molecule has 33 heavy (non-hydrogen) atoms. The molecule has 1 aliphatic rings. The minimum absolute atomic E-state index is 0.00393. The lowest BCUT2D eigenvalue weighted by atomic mass is 10.0. The van der Waals surface area contributed by atoms with E-state index in [0.29, 0.717) is 24.8 Å². The number of anilines is 1. The molecule has 0 bridgehead atoms. The zero-order chi connectivity index (χ0) is 23.4. The van der Waals surface area contributed by atoms with E-state index < -0.39 is 0 Å². The molecule has 1 amide bonds. The maximum Gasteiger partial charge on any atom is 0.289 e. The number of nitrogens with one attached hydrogen (secondary N) is 1. The van der Waals surface area contributed by atoms with Crippen LogP contribution in [0.3, 0.4) is 0 Å². The molecule has 1 saturated heterocycles. The monoisotopic (exact) mass is 452 g/mol. The summed E-state index contributed by atoms with van der Waals surface area (Å²) in [5, 5.41) is 12.8. The number of hydrogen-bond acceptors (Lipinski definition) is 6. The first-order chi connectivity index (χ1) is 15.9. The fraction of sp³-hybridized carbons (Fsp3) is 0.500. The van der Waals surface area contributed by atoms with Crippen molar-refractivity contribution in [1.29, 1.82) is 0 Å². The number of amides is 1. The van der Waals surface area contributed by atoms with Gasteiger partial charge in [-0.2, -0.15) is 0 Å². The molecule has 9 nitrogen and oxygen atoms in total. The van der Waals surface area contributed by atoms with E-state index in [0.717, 1.165) is 37.6 Å². The summed E-state index contributed by atoms with van der Waals surface area (Å²) in [4.78, 5) is 18.0. The normalized spacial score (nSPS) is 15.7. The van der Waals surface area contributed by atoms with Crippen LogP contribution in [-0.4, -0.2) is 71.3 Å². The highest BCUT2D eigenvalue weighted by Gasteiger charge is 2.35. The van der Waals surface area contributed by atoms with Gasteiger partial charge in [0.15, 0.2) is 11.8 Å². The number of rotatable bonds is 8. The van der Waals surface area contributed by atoms with Gasteiger partial charge in [0.25, 0.3) is 5.91 Å². The van der Waals surface area contributed by atoms with Crippen LogP contribution >= 0.6 is 0 Å². The van der Waals surface area contributed by atoms with Crippen LogP contribution in [0.25, 0.3) is 0 Å². The molecule has 3 aromatic rings. The number of quaternary nitrogens is 1. The zero-order valence-electron chi connectivity index (χ0n) is 19.9. The number of aryl methyl sites for hydroxylation is 1. The molecule has 0 aliphatic carbocycles. The van der Waals surface area contributed by atoms with E-state index in [1.54, 1.807) is 18.4 Å². The summed E-state index contributed by atoms with van der Waals surface area (Å²) in [6.45, 7) is 8.16. The van der Waals surface area contributed by atoms with Crippen LogP contribution in [0.15, 0.2) is 47.1 Å². The Hall–Kier alpha value is -3.20. The summed E-state index contributed by atoms with van der Waals surface area (Å²) in [6.07, 6.45) is 2.56. The second-order valence-corrected chi connectivity index (χ2v) is 9.29. The fourth-order valence-corrected chi connectivity index (χ4v) is 4.33. The van der Waals surface area contributed by atoms with Crippen LogP contribution in [0.2, 0.25) is 0 Å². The topological polar surface area (TPSA) is 84.7 Å². The Kier molecular flexibility index (Phi) is 7.08. The van der Waals surface area contributed by atoms with Gasteiger partial charge >= 0.3 is 0 Å². The van der Waals surface area contributed by atoms with Gasteiger partial charge in [-0.3, -0.25) is 4.79 Å². The number of furan rings is 1. The number of aromatic nitrogens is 4. The van der Waals surface area contributed by atoms with Gasteiger partial charge in [-0.15, -0.1) is 5.10 Å². The Morgan fingerprint density at radius 1 is 1.15 bits per heavy atom. The first kappa shape index (κ1) is 23.0. The number of piperazine rings is 1. The molecule has 0 unspecified atom stereocenters. The van der Waals surface area contributed by atoms with Crippen LogP contribution in [0.5, 0.6) is 0 Å². The van der Waals surface area contributed by atoms with Gasteiger partial charge in [-0.25, -0.2) is 4.68 Å². The number of carbonyl (C=O) groups is 1. The Balaban J connectivity index is 1.57. The van der Waals surface area contributed by atoms with Crippen molar-refractivity contribution in [2.75, 3.05) is 45.2 Å². The van der Waals surface area contributed by atoms with Crippen molar-refractivity contribution >= 4 is 11.6 Å². The van der Waals surface area contributed by atoms with Gasteiger partial charge < -0.3 is 19.1 Å². The highest BCUT2D eigenvalue weighted by molar-refractivity contribution is 5.91. The SMILES string of the molecule is CC(C)CCn1nnnc1[C@H](c1ccc(N(C)C)cc1)[NH+]1CCN(C(=O)c2ccco2)CC1. The average molecular weight is 453 g/mol. The molecule has 1 atom stereocenters. The van der Waals surface area contributed by atoms with Crippen LogP contribution in [0.4, 0.5) is 5.69 Å². The predicted octanol–water partition coefficient (Wildman–Crippen LogP) is 1.51. The first-order valence-corrected chi connectivity index (χ1v) is 11.6. The zero-order valence-corrected chi connectivity index (χ0v) is 19.9. The standard InChI is InChI=1S/C24H33N7O2/c1-18(2)11-12-31-23(25-26-27-31)22(19-7-9-20(10-8-19)28(3)4)29-13-15-30(16-14-29)24(32)21-6-5-17-33-21/h5-10,17-18,22H,11-16H2,1-4H3/p+1/t22-/m0/s1. The van der Waals surface area contributed by atoms with Gasteiger partial charge in [-0.05, 0) is 47.0 Å². The summed E-state index contributed by atoms with van der Waals surface area (Å²) in [5.41, 5.74) is 2.34. The molecule has 1 fully saturated rings. The molecule has 176 valence electrons. The molecule has 0 saturated carbocycles. The lowest BCUT2D eigenvalue weighted by molar-refractivity contribution is -0.930. The van der Waals surface area contributed by atoms with E-state index in [4.69, 9.17) is 4.42 Å². The Bertz CT molecular complexity index is 1020. The molecule has 9 heteroatoms. The molecule has 1 aliphatic heterocycles. The molecular weight excluding hydrogens is 418 g/mol. The quantitative estimate of drug-likeness (QED) is 0.558. The Morgan fingerprint density at radius 2 is 1.88 bits per heavy atom. The van der Waals surface area contributed by atoms with Crippen molar-refractivity contribution in [2.45, 2.75) is 32.9 Å². The maximum atomic E-state index is 12.7. The third kappa shape index (κ3) is 5.24. The highest BCUT2D eigenvalue weighted by Crippen LogP contribution is 2.21. The minimum atomic E-state index is -0.0484. The molecule has 0 radical (unpaired) electrons. The fourth-order valence-electron chi connectivity index (χ4n) is 4.33. The van der Waals surface area contributed by atoms with Gasteiger partial charge in [-0.1, -0.05) is 26.0 Å². The highest BCUT2D eigenvalue weighted by atomic mass is 16.3. The van der Waals surface area contributed by atoms with Crippen molar-refractivity contribution in [2.24, 2.45) is 5.92 Å². The van der Waals surface area contributed by atoms with Gasteiger partial charge in [0, 0.05) is 31.9 Å². The lowest BCUT2D eigenvalue weighted by Gasteiger charge is -2.36. The van der Waals surface area contributed by atoms with Crippen molar-refractivity contribution in [3.05, 3.63) is 59.8 Å². The third-order valence-electron chi connectivity index (χ3n) is 6.31. The van der Waals surface area contributed by atoms with Gasteiger partial charge in [0.1, 0.15) is 0 Å². The molecule has 2 aromatic heterocycles. The van der Waals surface area contributed by atoms with Crippen LogP contribution < -0.4 is 9.80 Å². The van der Waals surface area contributed by atoms with E-state index in [-0.39, 0.29) is 11.9 Å². The van der Waals surface area contributed by atoms with Crippen molar-refractivity contribution in [3.63, 3.8) is 0 Å². The smallest absolute Gasteiger partial charge is 0.289 e. The second kappa shape index (κ2) is 10.2. The largest absolute Gasteiger partial charge is 0.459 e. The van der Waals surface area contributed by atoms with Gasteiger partial charge in [0.2, 0.25) is 5.82 Å². The molecule has 4 rings (SSSR count). The van der Waals surface area contributed by atoms with Crippen LogP contribution in [-0.2, 0) is 6.54 Å². The van der Waals surface area contributed by atoms with Crippen molar-refractivity contribution < 1.29 is 14.1 Å². The Labute approximate surface area is 195 Å². The molecular formula is C24H34N7O2+. The minimum Gasteiger partial charge on any atom is -0.459 e. The maximum absolute atomic E-state index is 12.7. The summed E-state index contributed by atoms with van der Waals surface area (Å²) >= 11 is 0. The molecule has 0 spiro atoms. The van der Waals surface area contributed by atoms with E-state index in [2.05, 4.69) is 58.5 Å². The first-order valence-electron chi connectivity index (χ1n) is 11.6. The number of benzene rings is 1. The van der Waals surface area contributed by atoms with E-state index in [1.165, 1.54) is 10.5 Å². The molecule has 1 aromatic carbocycles. The van der Waals surface area contributed by atoms with Crippen LogP contribution in [0, 0.1) is 5.92 Å². The molecule has 1 N–H and O–H groups in total. The Morgan fingerprint density at radius 3 is 2.48 bits per heavy atom. The van der Waals surface area contributed by atoms with E-state index in [1.807, 2.05) is 23.7 Å². The lowest BCUT2D eigenvalue weighted by Crippen LogP contribution is -3.15. The van der Waals surface area contributed by atoms with Gasteiger partial charge in [0.05, 0.1) is 32.4 Å². The number of nitrogens with zero attached hydrogens (tertiary/aromatic N) is 6. The summed E-state index contributed by atoms with van der Waals surface area (Å²) in [5.74, 6) is 1.80. The average Bonchev–Trinajstić information content (AvgIpc) is 3.51. The van der Waals surface area contributed by atoms with E-state index >= 15 is 0 Å². The number of hydrogen-bond donors (Lipinski definition) is 1. The summed E-state index contributed by atoms with van der Waals surface area (Å²) < 4.78 is 7.27. The van der Waals surface area contributed by atoms with Crippen molar-refractivity contribution in [3.8, 4) is 0 Å². The van der Waals surface area contributed by atoms with E-state index in [9.17, 15) is 4.79 Å². The summed E-state index contributed by atoms with van der Waals surface area (Å²) in [7, 11) is 4.08. The number of carbonyl (C=O) groups excluding carboxylic acids is 1. The van der Waals surface area contributed by atoms with Crippen molar-refractivity contribution in [1.82, 2.24) is 25.1 Å². The predicted molar refractivity (Wildman–Crippen MR) is 125 cm³/mol.